The van der Waals surface area contributed by atoms with Crippen molar-refractivity contribution < 1.29 is 42.1 Å². The van der Waals surface area contributed by atoms with Gasteiger partial charge in [0, 0.05) is 34.9 Å². The maximum atomic E-state index is 15.6. The molecule has 0 unspecified atom stereocenters. The van der Waals surface area contributed by atoms with Crippen LogP contribution in [0.2, 0.25) is 0 Å². The Morgan fingerprint density at radius 3 is 1.96 bits per heavy atom. The summed E-state index contributed by atoms with van der Waals surface area (Å²) in [6, 6.07) is 21.9. The van der Waals surface area contributed by atoms with Crippen LogP contribution in [0.1, 0.15) is 49.8 Å². The predicted molar refractivity (Wildman–Crippen MR) is 195 cm³/mol. The molecule has 0 saturated carbocycles. The SMILES string of the molecule is C=C(C)C(=O)OCCCOc1ccc(-c2ccc(CCC(=O)Oc3ccc(-c4ccc(CCCOC(=O)C(=C)C)cc4)cc3F)c(C=N)c2F)cc1. The van der Waals surface area contributed by atoms with Crippen LogP contribution in [0.5, 0.6) is 11.5 Å². The van der Waals surface area contributed by atoms with Gasteiger partial charge in [0.05, 0.1) is 26.2 Å². The molecule has 0 heterocycles. The van der Waals surface area contributed by atoms with Gasteiger partial charge < -0.3 is 24.4 Å². The van der Waals surface area contributed by atoms with Crippen molar-refractivity contribution in [2.75, 3.05) is 19.8 Å². The van der Waals surface area contributed by atoms with Crippen LogP contribution in [-0.4, -0.2) is 43.9 Å². The molecular weight excluding hydrogens is 668 g/mol. The first-order valence-electron chi connectivity index (χ1n) is 16.8. The zero-order valence-corrected chi connectivity index (χ0v) is 29.3. The fourth-order valence-electron chi connectivity index (χ4n) is 5.10. The monoisotopic (exact) mass is 709 g/mol. The highest BCUT2D eigenvalue weighted by Gasteiger charge is 2.17. The number of ether oxygens (including phenoxy) is 4. The second-order valence-corrected chi connectivity index (χ2v) is 12.1. The van der Waals surface area contributed by atoms with Gasteiger partial charge in [-0.05, 0) is 85.2 Å². The quantitative estimate of drug-likeness (QED) is 0.0362. The number of hydrogen-bond donors (Lipinski definition) is 1. The number of aryl methyl sites for hydroxylation is 2. The molecule has 0 aliphatic carbocycles. The lowest BCUT2D eigenvalue weighted by Crippen LogP contribution is -2.11. The summed E-state index contributed by atoms with van der Waals surface area (Å²) in [7, 11) is 0. The number of nitrogens with one attached hydrogen (secondary N) is 1. The fraction of sp³-hybridized carbons (Fsp3) is 0.238. The predicted octanol–water partition coefficient (Wildman–Crippen LogP) is 8.77. The van der Waals surface area contributed by atoms with Crippen molar-refractivity contribution in [2.45, 2.75) is 46.0 Å². The maximum absolute atomic E-state index is 15.6. The summed E-state index contributed by atoms with van der Waals surface area (Å²) in [5.74, 6) is -2.53. The number of esters is 3. The molecule has 0 aliphatic rings. The Balaban J connectivity index is 1.28. The van der Waals surface area contributed by atoms with Gasteiger partial charge in [-0.3, -0.25) is 4.79 Å². The summed E-state index contributed by atoms with van der Waals surface area (Å²) in [5, 5.41) is 7.83. The first kappa shape index (κ1) is 38.9. The molecule has 4 aromatic carbocycles. The lowest BCUT2D eigenvalue weighted by Gasteiger charge is -2.12. The van der Waals surface area contributed by atoms with Crippen molar-refractivity contribution in [2.24, 2.45) is 0 Å². The molecule has 0 fully saturated rings. The van der Waals surface area contributed by atoms with Crippen molar-refractivity contribution in [3.63, 3.8) is 0 Å². The van der Waals surface area contributed by atoms with E-state index in [1.807, 2.05) is 24.3 Å². The van der Waals surface area contributed by atoms with Crippen LogP contribution >= 0.6 is 0 Å². The van der Waals surface area contributed by atoms with Crippen LogP contribution in [0.4, 0.5) is 8.78 Å². The lowest BCUT2D eigenvalue weighted by molar-refractivity contribution is -0.140. The van der Waals surface area contributed by atoms with Gasteiger partial charge in [0.1, 0.15) is 11.6 Å². The molecule has 270 valence electrons. The Bertz CT molecular complexity index is 1940. The number of rotatable bonds is 18. The lowest BCUT2D eigenvalue weighted by atomic mass is 9.96. The van der Waals surface area contributed by atoms with Crippen LogP contribution < -0.4 is 9.47 Å². The second kappa shape index (κ2) is 18.9. The molecule has 10 heteroatoms. The molecule has 0 spiro atoms. The topological polar surface area (TPSA) is 112 Å². The van der Waals surface area contributed by atoms with Gasteiger partial charge in [-0.25, -0.2) is 18.4 Å². The third-order valence-corrected chi connectivity index (χ3v) is 7.95. The summed E-state index contributed by atoms with van der Waals surface area (Å²) in [5.41, 5.74) is 4.44. The Morgan fingerprint density at radius 2 is 1.35 bits per heavy atom. The second-order valence-electron chi connectivity index (χ2n) is 12.1. The molecule has 1 N–H and O–H groups in total. The Morgan fingerprint density at radius 1 is 0.731 bits per heavy atom. The molecule has 0 bridgehead atoms. The van der Waals surface area contributed by atoms with Gasteiger partial charge in [-0.2, -0.15) is 0 Å². The van der Waals surface area contributed by atoms with Gasteiger partial charge in [0.25, 0.3) is 0 Å². The zero-order chi connectivity index (χ0) is 37.6. The maximum Gasteiger partial charge on any atom is 0.333 e. The first-order valence-corrected chi connectivity index (χ1v) is 16.8. The minimum Gasteiger partial charge on any atom is -0.493 e. The van der Waals surface area contributed by atoms with Crippen molar-refractivity contribution >= 4 is 24.1 Å². The minimum absolute atomic E-state index is 0.0442. The molecular formula is C42H41F2NO7. The zero-order valence-electron chi connectivity index (χ0n) is 29.3. The third-order valence-electron chi connectivity index (χ3n) is 7.95. The normalized spacial score (nSPS) is 10.6. The number of hydrogen-bond acceptors (Lipinski definition) is 8. The van der Waals surface area contributed by atoms with Crippen LogP contribution in [0.15, 0.2) is 103 Å². The average Bonchev–Trinajstić information content (AvgIpc) is 3.13. The fourth-order valence-corrected chi connectivity index (χ4v) is 5.10. The van der Waals surface area contributed by atoms with E-state index in [-0.39, 0.29) is 36.3 Å². The van der Waals surface area contributed by atoms with E-state index >= 15 is 4.39 Å². The standard InChI is InChI=1S/C42H41F2NO7/c1-27(2)41(47)50-22-5-7-29-8-10-30(11-9-29)33-15-20-38(37(43)25-33)52-39(46)21-16-32-14-19-35(40(44)36(32)26-45)31-12-17-34(18-13-31)49-23-6-24-51-42(48)28(3)4/h8-15,17-20,25-26,45H,1,3,5-7,16,21-24H2,2,4H3. The summed E-state index contributed by atoms with van der Waals surface area (Å²) in [6.45, 7) is 11.1. The van der Waals surface area contributed by atoms with Crippen molar-refractivity contribution in [3.05, 3.63) is 131 Å². The van der Waals surface area contributed by atoms with E-state index in [0.29, 0.717) is 66.1 Å². The number of carbonyl (C=O) groups excluding carboxylic acids is 3. The van der Waals surface area contributed by atoms with E-state index < -0.39 is 29.5 Å². The van der Waals surface area contributed by atoms with Gasteiger partial charge >= 0.3 is 17.9 Å². The van der Waals surface area contributed by atoms with E-state index in [1.54, 1.807) is 56.3 Å². The number of benzene rings is 4. The number of halogens is 2. The third kappa shape index (κ3) is 11.1. The van der Waals surface area contributed by atoms with Crippen LogP contribution in [0.3, 0.4) is 0 Å². The van der Waals surface area contributed by atoms with Gasteiger partial charge in [-0.1, -0.05) is 67.8 Å². The van der Waals surface area contributed by atoms with Gasteiger partial charge in [0.2, 0.25) is 0 Å². The molecule has 0 amide bonds. The molecule has 0 atom stereocenters. The minimum atomic E-state index is -0.703. The Hall–Kier alpha value is -5.90. The summed E-state index contributed by atoms with van der Waals surface area (Å²) < 4.78 is 51.6. The molecule has 0 radical (unpaired) electrons. The van der Waals surface area contributed by atoms with Crippen LogP contribution in [0.25, 0.3) is 22.3 Å². The van der Waals surface area contributed by atoms with E-state index in [4.69, 9.17) is 24.4 Å². The average molecular weight is 710 g/mol. The molecule has 4 aromatic rings. The van der Waals surface area contributed by atoms with Crippen molar-refractivity contribution in [3.8, 4) is 33.8 Å². The summed E-state index contributed by atoms with van der Waals surface area (Å²) >= 11 is 0. The summed E-state index contributed by atoms with van der Waals surface area (Å²) in [4.78, 5) is 35.6. The van der Waals surface area contributed by atoms with E-state index in [0.717, 1.165) is 17.3 Å². The molecule has 0 aromatic heterocycles. The largest absolute Gasteiger partial charge is 0.493 e. The molecule has 52 heavy (non-hydrogen) atoms. The smallest absolute Gasteiger partial charge is 0.333 e. The highest BCUT2D eigenvalue weighted by molar-refractivity contribution is 5.87. The van der Waals surface area contributed by atoms with Gasteiger partial charge in [-0.15, -0.1) is 0 Å². The van der Waals surface area contributed by atoms with E-state index in [1.165, 1.54) is 12.1 Å². The first-order chi connectivity index (χ1) is 25.0. The van der Waals surface area contributed by atoms with Crippen molar-refractivity contribution in [1.29, 1.82) is 5.41 Å². The molecule has 4 rings (SSSR count). The van der Waals surface area contributed by atoms with Crippen LogP contribution in [-0.2, 0) is 36.7 Å². The van der Waals surface area contributed by atoms with Crippen LogP contribution in [0, 0.1) is 17.0 Å². The molecule has 0 saturated heterocycles. The van der Waals surface area contributed by atoms with Gasteiger partial charge in [0.15, 0.2) is 11.6 Å². The Kier molecular flexibility index (Phi) is 14.1. The summed E-state index contributed by atoms with van der Waals surface area (Å²) in [6.07, 6.45) is 2.68. The Labute approximate surface area is 302 Å². The number of carbonyl (C=O) groups is 3. The van der Waals surface area contributed by atoms with E-state index in [2.05, 4.69) is 13.2 Å². The molecule has 0 aliphatic heterocycles. The molecule has 8 nitrogen and oxygen atoms in total. The highest BCUT2D eigenvalue weighted by atomic mass is 19.1. The van der Waals surface area contributed by atoms with Crippen molar-refractivity contribution in [1.82, 2.24) is 0 Å². The van der Waals surface area contributed by atoms with E-state index in [9.17, 15) is 18.8 Å². The highest BCUT2D eigenvalue weighted by Crippen LogP contribution is 2.30.